The number of carbonyl (C=O) groups excluding carboxylic acids is 1. The molecule has 0 saturated carbocycles. The summed E-state index contributed by atoms with van der Waals surface area (Å²) in [4.78, 5) is 17.1. The number of benzene rings is 3. The number of amidine groups is 2. The van der Waals surface area contributed by atoms with Crippen molar-refractivity contribution in [1.29, 1.82) is 10.8 Å². The largest absolute Gasteiger partial charge is 0.439 e. The van der Waals surface area contributed by atoms with E-state index in [9.17, 15) is 4.79 Å². The molecule has 0 aliphatic heterocycles. The minimum atomic E-state index is -0.314. The second kappa shape index (κ2) is 10.2. The van der Waals surface area contributed by atoms with Gasteiger partial charge in [0.2, 0.25) is 11.8 Å². The van der Waals surface area contributed by atoms with E-state index in [2.05, 4.69) is 10.3 Å². The van der Waals surface area contributed by atoms with Gasteiger partial charge in [0.25, 0.3) is 5.91 Å². The highest BCUT2D eigenvalue weighted by Crippen LogP contribution is 2.30. The number of amides is 1. The van der Waals surface area contributed by atoms with E-state index in [-0.39, 0.29) is 29.3 Å². The quantitative estimate of drug-likeness (QED) is 0.190. The van der Waals surface area contributed by atoms with Crippen molar-refractivity contribution in [3.63, 3.8) is 0 Å². The summed E-state index contributed by atoms with van der Waals surface area (Å²) >= 11 is 0. The van der Waals surface area contributed by atoms with Gasteiger partial charge in [-0.1, -0.05) is 42.5 Å². The zero-order valence-electron chi connectivity index (χ0n) is 18.5. The molecule has 0 unspecified atom stereocenters. The number of nitrogens with one attached hydrogen (secondary N) is 3. The predicted octanol–water partition coefficient (Wildman–Crippen LogP) is 4.49. The van der Waals surface area contributed by atoms with Gasteiger partial charge in [-0.25, -0.2) is 0 Å². The van der Waals surface area contributed by atoms with Crippen LogP contribution >= 0.6 is 0 Å². The van der Waals surface area contributed by atoms with Crippen molar-refractivity contribution in [2.24, 2.45) is 11.5 Å². The first-order valence-electron chi connectivity index (χ1n) is 10.5. The number of carbonyl (C=O) groups is 1. The average molecular weight is 467 g/mol. The molecule has 174 valence electrons. The second-order valence-corrected chi connectivity index (χ2v) is 7.44. The van der Waals surface area contributed by atoms with Crippen molar-refractivity contribution in [2.75, 3.05) is 5.32 Å². The van der Waals surface area contributed by atoms with E-state index >= 15 is 0 Å². The van der Waals surface area contributed by atoms with Crippen LogP contribution < -0.4 is 26.3 Å². The highest BCUT2D eigenvalue weighted by atomic mass is 16.5. The molecular formula is C26H22N6O3. The molecule has 3 aromatic carbocycles. The van der Waals surface area contributed by atoms with Crippen LogP contribution in [0, 0.1) is 10.8 Å². The molecule has 7 N–H and O–H groups in total. The summed E-state index contributed by atoms with van der Waals surface area (Å²) in [6, 6.07) is 25.3. The van der Waals surface area contributed by atoms with Gasteiger partial charge in [0.05, 0.1) is 5.69 Å². The van der Waals surface area contributed by atoms with E-state index in [1.807, 2.05) is 6.07 Å². The molecule has 0 radical (unpaired) electrons. The number of hydrogen-bond donors (Lipinski definition) is 5. The highest BCUT2D eigenvalue weighted by Gasteiger charge is 2.12. The van der Waals surface area contributed by atoms with E-state index in [1.165, 1.54) is 0 Å². The number of nitrogen functional groups attached to an aromatic ring is 2. The lowest BCUT2D eigenvalue weighted by atomic mass is 10.2. The summed E-state index contributed by atoms with van der Waals surface area (Å²) in [5, 5.41) is 18.1. The standard InChI is InChI=1S/C26H22N6O3/c27-24(28)17-8-4-10-20(12-17)34-22-14-19(31-26(33)16-6-2-1-3-7-16)15-23(32-22)35-21-11-5-9-18(13-21)25(29)30/h1-15H,(H3,27,28)(H3,29,30)(H,31,32,33). The fourth-order valence-electron chi connectivity index (χ4n) is 3.15. The SMILES string of the molecule is N=C(N)c1cccc(Oc2cc(NC(=O)c3ccccc3)cc(Oc3cccc(C(=N)N)c3)n2)c1. The fraction of sp³-hybridized carbons (Fsp3) is 0. The zero-order chi connectivity index (χ0) is 24.8. The third-order valence-electron chi connectivity index (χ3n) is 4.81. The lowest BCUT2D eigenvalue weighted by molar-refractivity contribution is 0.102. The number of aromatic nitrogens is 1. The van der Waals surface area contributed by atoms with Gasteiger partial charge in [-0.3, -0.25) is 15.6 Å². The first kappa shape index (κ1) is 23.0. The smallest absolute Gasteiger partial charge is 0.255 e. The maximum absolute atomic E-state index is 12.7. The van der Waals surface area contributed by atoms with Crippen molar-refractivity contribution < 1.29 is 14.3 Å². The molecular weight excluding hydrogens is 444 g/mol. The number of anilines is 1. The first-order chi connectivity index (χ1) is 16.9. The molecule has 1 aromatic heterocycles. The van der Waals surface area contributed by atoms with Gasteiger partial charge < -0.3 is 26.3 Å². The number of nitrogens with two attached hydrogens (primary N) is 2. The van der Waals surface area contributed by atoms with Crippen LogP contribution in [0.25, 0.3) is 0 Å². The minimum absolute atomic E-state index is 0.0957. The second-order valence-electron chi connectivity index (χ2n) is 7.44. The Hall–Kier alpha value is -5.18. The van der Waals surface area contributed by atoms with Gasteiger partial charge >= 0.3 is 0 Å². The van der Waals surface area contributed by atoms with Crippen molar-refractivity contribution in [2.45, 2.75) is 0 Å². The Labute approximate surface area is 201 Å². The Kier molecular flexibility index (Phi) is 6.68. The monoisotopic (exact) mass is 466 g/mol. The Morgan fingerprint density at radius 2 is 1.17 bits per heavy atom. The topological polar surface area (TPSA) is 160 Å². The van der Waals surface area contributed by atoms with E-state index in [0.717, 1.165) is 0 Å². The Morgan fingerprint density at radius 3 is 1.66 bits per heavy atom. The van der Waals surface area contributed by atoms with Crippen molar-refractivity contribution in [3.05, 3.63) is 108 Å². The summed E-state index contributed by atoms with van der Waals surface area (Å²) in [7, 11) is 0. The van der Waals surface area contributed by atoms with Crippen LogP contribution in [0.1, 0.15) is 21.5 Å². The Morgan fingerprint density at radius 1 is 0.686 bits per heavy atom. The third kappa shape index (κ3) is 5.99. The van der Waals surface area contributed by atoms with E-state index in [4.69, 9.17) is 31.8 Å². The molecule has 0 bridgehead atoms. The molecule has 4 aromatic rings. The van der Waals surface area contributed by atoms with Crippen LogP contribution in [0.5, 0.6) is 23.3 Å². The molecule has 9 nitrogen and oxygen atoms in total. The van der Waals surface area contributed by atoms with Gasteiger partial charge in [-0.15, -0.1) is 0 Å². The molecule has 9 heteroatoms. The normalized spacial score (nSPS) is 10.3. The lowest BCUT2D eigenvalue weighted by Crippen LogP contribution is -2.12. The van der Waals surface area contributed by atoms with Crippen LogP contribution in [0.2, 0.25) is 0 Å². The average Bonchev–Trinajstić information content (AvgIpc) is 2.84. The lowest BCUT2D eigenvalue weighted by Gasteiger charge is -2.13. The van der Waals surface area contributed by atoms with Crippen LogP contribution in [0.4, 0.5) is 5.69 Å². The van der Waals surface area contributed by atoms with Gasteiger partial charge in [0, 0.05) is 28.8 Å². The molecule has 0 aliphatic carbocycles. The van der Waals surface area contributed by atoms with E-state index in [0.29, 0.717) is 33.9 Å². The number of hydrogen-bond acceptors (Lipinski definition) is 6. The minimum Gasteiger partial charge on any atom is -0.439 e. The molecule has 0 atom stereocenters. The van der Waals surface area contributed by atoms with Crippen LogP contribution in [0.3, 0.4) is 0 Å². The Balaban J connectivity index is 1.66. The maximum Gasteiger partial charge on any atom is 0.255 e. The van der Waals surface area contributed by atoms with Gasteiger partial charge in [0.1, 0.15) is 23.2 Å². The maximum atomic E-state index is 12.7. The number of nitrogens with zero attached hydrogens (tertiary/aromatic N) is 1. The Bertz CT molecular complexity index is 1330. The summed E-state index contributed by atoms with van der Waals surface area (Å²) in [6.45, 7) is 0. The third-order valence-corrected chi connectivity index (χ3v) is 4.81. The summed E-state index contributed by atoms with van der Waals surface area (Å²) in [5.74, 6) is 0.597. The molecule has 0 spiro atoms. The van der Waals surface area contributed by atoms with E-state index < -0.39 is 0 Å². The summed E-state index contributed by atoms with van der Waals surface area (Å²) in [6.07, 6.45) is 0. The summed E-state index contributed by atoms with van der Waals surface area (Å²) in [5.41, 5.74) is 13.0. The zero-order valence-corrected chi connectivity index (χ0v) is 18.5. The van der Waals surface area contributed by atoms with E-state index in [1.54, 1.807) is 84.9 Å². The first-order valence-corrected chi connectivity index (χ1v) is 10.5. The predicted molar refractivity (Wildman–Crippen MR) is 134 cm³/mol. The fourth-order valence-corrected chi connectivity index (χ4v) is 3.15. The molecule has 4 rings (SSSR count). The van der Waals surface area contributed by atoms with Crippen LogP contribution in [-0.2, 0) is 0 Å². The highest BCUT2D eigenvalue weighted by molar-refractivity contribution is 6.04. The summed E-state index contributed by atoms with van der Waals surface area (Å²) < 4.78 is 11.8. The van der Waals surface area contributed by atoms with Gasteiger partial charge in [-0.05, 0) is 36.4 Å². The number of pyridine rings is 1. The van der Waals surface area contributed by atoms with Gasteiger partial charge in [0.15, 0.2) is 0 Å². The molecule has 0 aliphatic rings. The van der Waals surface area contributed by atoms with Crippen molar-refractivity contribution in [3.8, 4) is 23.3 Å². The van der Waals surface area contributed by atoms with Crippen molar-refractivity contribution in [1.82, 2.24) is 4.98 Å². The molecule has 0 saturated heterocycles. The number of ether oxygens (including phenoxy) is 2. The van der Waals surface area contributed by atoms with Crippen LogP contribution in [0.15, 0.2) is 91.0 Å². The van der Waals surface area contributed by atoms with Crippen molar-refractivity contribution >= 4 is 23.3 Å². The van der Waals surface area contributed by atoms with Crippen LogP contribution in [-0.4, -0.2) is 22.6 Å². The van der Waals surface area contributed by atoms with Gasteiger partial charge in [-0.2, -0.15) is 4.98 Å². The molecule has 0 fully saturated rings. The molecule has 1 amide bonds. The number of rotatable bonds is 8. The molecule has 35 heavy (non-hydrogen) atoms. The molecule has 1 heterocycles.